The SMILES string of the molecule is C[C@](N)(Cc1cc(O)cc(O)c1)C(=O)O. The van der Waals surface area contributed by atoms with Crippen molar-refractivity contribution >= 4 is 5.97 Å². The molecule has 0 aliphatic rings. The first kappa shape index (κ1) is 11.3. The van der Waals surface area contributed by atoms with Crippen LogP contribution in [0.1, 0.15) is 12.5 Å². The van der Waals surface area contributed by atoms with Crippen LogP contribution in [-0.2, 0) is 11.2 Å². The molecule has 0 spiro atoms. The van der Waals surface area contributed by atoms with Crippen LogP contribution in [0.5, 0.6) is 11.5 Å². The van der Waals surface area contributed by atoms with Crippen LogP contribution in [0.15, 0.2) is 18.2 Å². The lowest BCUT2D eigenvalue weighted by atomic mass is 9.94. The number of aromatic hydroxyl groups is 2. The van der Waals surface area contributed by atoms with Crippen LogP contribution in [0.2, 0.25) is 0 Å². The average molecular weight is 211 g/mol. The lowest BCUT2D eigenvalue weighted by Crippen LogP contribution is -2.46. The summed E-state index contributed by atoms with van der Waals surface area (Å²) in [6, 6.07) is 3.90. The van der Waals surface area contributed by atoms with Gasteiger partial charge in [-0.25, -0.2) is 0 Å². The van der Waals surface area contributed by atoms with Crippen molar-refractivity contribution in [3.63, 3.8) is 0 Å². The molecule has 0 radical (unpaired) electrons. The normalized spacial score (nSPS) is 14.5. The van der Waals surface area contributed by atoms with Crippen molar-refractivity contribution in [2.24, 2.45) is 5.73 Å². The highest BCUT2D eigenvalue weighted by Crippen LogP contribution is 2.22. The fourth-order valence-electron chi connectivity index (χ4n) is 1.26. The number of phenols is 2. The van der Waals surface area contributed by atoms with E-state index in [1.165, 1.54) is 19.1 Å². The lowest BCUT2D eigenvalue weighted by Gasteiger charge is -2.19. The molecule has 5 N–H and O–H groups in total. The van der Waals surface area contributed by atoms with Gasteiger partial charge in [0.1, 0.15) is 17.0 Å². The molecule has 5 heteroatoms. The highest BCUT2D eigenvalue weighted by Gasteiger charge is 2.28. The molecule has 0 fully saturated rings. The Kier molecular flexibility index (Phi) is 2.85. The Labute approximate surface area is 86.8 Å². The predicted octanol–water partition coefficient (Wildman–Crippen LogP) is 0.442. The number of rotatable bonds is 3. The number of aliphatic carboxylic acids is 1. The molecule has 0 unspecified atom stereocenters. The molecule has 0 saturated carbocycles. The van der Waals surface area contributed by atoms with Crippen LogP contribution in [0.3, 0.4) is 0 Å². The fourth-order valence-corrected chi connectivity index (χ4v) is 1.26. The van der Waals surface area contributed by atoms with Gasteiger partial charge in [-0.3, -0.25) is 4.79 Å². The van der Waals surface area contributed by atoms with Gasteiger partial charge in [-0.05, 0) is 24.6 Å². The third kappa shape index (κ3) is 2.85. The number of nitrogens with two attached hydrogens (primary N) is 1. The number of phenolic OH excluding ortho intramolecular Hbond substituents is 2. The first-order valence-corrected chi connectivity index (χ1v) is 4.35. The molecule has 0 aliphatic heterocycles. The maximum absolute atomic E-state index is 10.7. The van der Waals surface area contributed by atoms with Gasteiger partial charge in [0.2, 0.25) is 0 Å². The van der Waals surface area contributed by atoms with E-state index in [4.69, 9.17) is 10.8 Å². The predicted molar refractivity (Wildman–Crippen MR) is 53.7 cm³/mol. The average Bonchev–Trinajstić information content (AvgIpc) is 1.99. The largest absolute Gasteiger partial charge is 0.508 e. The third-order valence-corrected chi connectivity index (χ3v) is 2.02. The van der Waals surface area contributed by atoms with Gasteiger partial charge in [0.05, 0.1) is 0 Å². The Bertz CT molecular complexity index is 367. The van der Waals surface area contributed by atoms with Crippen molar-refractivity contribution in [3.05, 3.63) is 23.8 Å². The van der Waals surface area contributed by atoms with Crippen molar-refractivity contribution < 1.29 is 20.1 Å². The van der Waals surface area contributed by atoms with Crippen molar-refractivity contribution in [3.8, 4) is 11.5 Å². The summed E-state index contributed by atoms with van der Waals surface area (Å²) in [5, 5.41) is 27.2. The molecular formula is C10H13NO4. The molecule has 1 aromatic rings. The van der Waals surface area contributed by atoms with Crippen LogP contribution in [0.25, 0.3) is 0 Å². The molecule has 0 bridgehead atoms. The zero-order valence-corrected chi connectivity index (χ0v) is 8.27. The van der Waals surface area contributed by atoms with E-state index in [9.17, 15) is 15.0 Å². The topological polar surface area (TPSA) is 104 Å². The van der Waals surface area contributed by atoms with E-state index in [1.54, 1.807) is 0 Å². The highest BCUT2D eigenvalue weighted by molar-refractivity contribution is 5.78. The summed E-state index contributed by atoms with van der Waals surface area (Å²) >= 11 is 0. The molecule has 0 amide bonds. The zero-order chi connectivity index (χ0) is 11.6. The second-order valence-electron chi connectivity index (χ2n) is 3.76. The van der Waals surface area contributed by atoms with Gasteiger partial charge in [0.25, 0.3) is 0 Å². The molecule has 1 rings (SSSR count). The van der Waals surface area contributed by atoms with Gasteiger partial charge >= 0.3 is 5.97 Å². The summed E-state index contributed by atoms with van der Waals surface area (Å²) in [7, 11) is 0. The number of carbonyl (C=O) groups is 1. The summed E-state index contributed by atoms with van der Waals surface area (Å²) in [4.78, 5) is 10.7. The van der Waals surface area contributed by atoms with Crippen molar-refractivity contribution in [1.82, 2.24) is 0 Å². The summed E-state index contributed by atoms with van der Waals surface area (Å²) in [5.41, 5.74) is 4.58. The maximum Gasteiger partial charge on any atom is 0.323 e. The van der Waals surface area contributed by atoms with Crippen molar-refractivity contribution in [1.29, 1.82) is 0 Å². The maximum atomic E-state index is 10.7. The van der Waals surface area contributed by atoms with Crippen LogP contribution in [0.4, 0.5) is 0 Å². The molecule has 0 aromatic heterocycles. The molecule has 82 valence electrons. The minimum atomic E-state index is -1.42. The zero-order valence-electron chi connectivity index (χ0n) is 8.27. The highest BCUT2D eigenvalue weighted by atomic mass is 16.4. The number of carboxylic acids is 1. The fraction of sp³-hybridized carbons (Fsp3) is 0.300. The van der Waals surface area contributed by atoms with Crippen LogP contribution in [0, 0.1) is 0 Å². The molecule has 5 nitrogen and oxygen atoms in total. The van der Waals surface area contributed by atoms with E-state index in [2.05, 4.69) is 0 Å². The van der Waals surface area contributed by atoms with E-state index >= 15 is 0 Å². The minimum Gasteiger partial charge on any atom is -0.508 e. The first-order valence-electron chi connectivity index (χ1n) is 4.35. The van der Waals surface area contributed by atoms with E-state index in [-0.39, 0.29) is 17.9 Å². The van der Waals surface area contributed by atoms with Gasteiger partial charge < -0.3 is 21.1 Å². The van der Waals surface area contributed by atoms with E-state index < -0.39 is 11.5 Å². The monoisotopic (exact) mass is 211 g/mol. The second kappa shape index (κ2) is 3.78. The van der Waals surface area contributed by atoms with E-state index in [1.807, 2.05) is 0 Å². The van der Waals surface area contributed by atoms with Gasteiger partial charge in [0, 0.05) is 12.5 Å². The Morgan fingerprint density at radius 2 is 1.80 bits per heavy atom. The smallest absolute Gasteiger partial charge is 0.323 e. The molecular weight excluding hydrogens is 198 g/mol. The quantitative estimate of drug-likeness (QED) is 0.581. The molecule has 0 saturated heterocycles. The number of hydrogen-bond acceptors (Lipinski definition) is 4. The van der Waals surface area contributed by atoms with Crippen molar-refractivity contribution in [2.45, 2.75) is 18.9 Å². The Morgan fingerprint density at radius 3 is 2.20 bits per heavy atom. The summed E-state index contributed by atoms with van der Waals surface area (Å²) in [6.07, 6.45) is 0.0320. The summed E-state index contributed by atoms with van der Waals surface area (Å²) in [6.45, 7) is 1.37. The number of carboxylic acid groups (broad SMARTS) is 1. The van der Waals surface area contributed by atoms with Gasteiger partial charge in [-0.2, -0.15) is 0 Å². The number of hydrogen-bond donors (Lipinski definition) is 4. The standard InChI is InChI=1S/C10H13NO4/c1-10(11,9(14)15)5-6-2-7(12)4-8(13)3-6/h2-4,12-13H,5,11H2,1H3,(H,14,15)/t10-/m0/s1. The second-order valence-corrected chi connectivity index (χ2v) is 3.76. The Hall–Kier alpha value is -1.75. The van der Waals surface area contributed by atoms with Gasteiger partial charge in [0.15, 0.2) is 0 Å². The van der Waals surface area contributed by atoms with Crippen LogP contribution >= 0.6 is 0 Å². The molecule has 0 aliphatic carbocycles. The lowest BCUT2D eigenvalue weighted by molar-refractivity contribution is -0.142. The minimum absolute atomic E-state index is 0.0320. The van der Waals surface area contributed by atoms with Crippen molar-refractivity contribution in [2.75, 3.05) is 0 Å². The van der Waals surface area contributed by atoms with Gasteiger partial charge in [-0.15, -0.1) is 0 Å². The molecule has 15 heavy (non-hydrogen) atoms. The van der Waals surface area contributed by atoms with E-state index in [0.29, 0.717) is 5.56 Å². The van der Waals surface area contributed by atoms with Crippen LogP contribution < -0.4 is 5.73 Å². The van der Waals surface area contributed by atoms with Crippen LogP contribution in [-0.4, -0.2) is 26.8 Å². The van der Waals surface area contributed by atoms with E-state index in [0.717, 1.165) is 6.07 Å². The first-order chi connectivity index (χ1) is 6.81. The summed E-state index contributed by atoms with van der Waals surface area (Å²) < 4.78 is 0. The molecule has 1 atom stereocenters. The molecule has 0 heterocycles. The van der Waals surface area contributed by atoms with Gasteiger partial charge in [-0.1, -0.05) is 0 Å². The Balaban J connectivity index is 2.94. The molecule has 1 aromatic carbocycles. The summed E-state index contributed by atoms with van der Waals surface area (Å²) in [5.74, 6) is -1.37. The number of benzene rings is 1. The Morgan fingerprint density at radius 1 is 1.33 bits per heavy atom. The third-order valence-electron chi connectivity index (χ3n) is 2.02.